The van der Waals surface area contributed by atoms with E-state index in [9.17, 15) is 39.0 Å². The van der Waals surface area contributed by atoms with Gasteiger partial charge in [0.25, 0.3) is 0 Å². The van der Waals surface area contributed by atoms with Crippen LogP contribution in [0.1, 0.15) is 119 Å². The molecule has 0 saturated carbocycles. The lowest BCUT2D eigenvalue weighted by molar-refractivity contribution is -0.151. The number of carbonyl (C=O) groups is 10. The average molecular weight is 1460 g/mol. The van der Waals surface area contributed by atoms with Crippen LogP contribution in [0.15, 0.2) is 84.9 Å². The van der Waals surface area contributed by atoms with E-state index in [1.54, 1.807) is 95.1 Å². The topological polar surface area (TPSA) is 322 Å². The van der Waals surface area contributed by atoms with Crippen molar-refractivity contribution >= 4 is 70.7 Å². The van der Waals surface area contributed by atoms with E-state index in [0.717, 1.165) is 34.6 Å². The van der Waals surface area contributed by atoms with Crippen molar-refractivity contribution in [1.29, 1.82) is 0 Å². The number of benzene rings is 3. The summed E-state index contributed by atoms with van der Waals surface area (Å²) < 4.78 is 18.6. The van der Waals surface area contributed by atoms with Gasteiger partial charge < -0.3 is 75.1 Å². The van der Waals surface area contributed by atoms with Crippen molar-refractivity contribution in [2.45, 2.75) is 199 Å². The number of ether oxygens (including phenoxy) is 3. The molecule has 28 heteroatoms. The van der Waals surface area contributed by atoms with Crippen molar-refractivity contribution in [3.05, 3.63) is 101 Å². The zero-order valence-corrected chi connectivity index (χ0v) is 64.1. The number of carbonyl (C=O) groups excluding carboxylic acids is 10. The first-order valence-corrected chi connectivity index (χ1v) is 36.1. The molecule has 103 heavy (non-hydrogen) atoms. The summed E-state index contributed by atoms with van der Waals surface area (Å²) in [7, 11) is 8.57. The highest BCUT2D eigenvalue weighted by Crippen LogP contribution is 2.23. The molecular formula is C75H115ClN12O15. The normalized spacial score (nSPS) is 25.8. The van der Waals surface area contributed by atoms with Gasteiger partial charge in [-0.1, -0.05) is 120 Å². The van der Waals surface area contributed by atoms with Crippen LogP contribution in [0.4, 0.5) is 0 Å². The number of piperidine rings is 1. The first-order chi connectivity index (χ1) is 48.4. The minimum Gasteiger partial charge on any atom is -0.491 e. The number of hydrogen-bond donors (Lipinski definition) is 7. The van der Waals surface area contributed by atoms with Gasteiger partial charge in [0.05, 0.1) is 62.7 Å². The van der Waals surface area contributed by atoms with E-state index in [2.05, 4.69) is 26.6 Å². The van der Waals surface area contributed by atoms with Gasteiger partial charge in [-0.25, -0.2) is 0 Å². The number of nitrogens with one attached hydrogen (secondary N) is 5. The molecule has 12 atom stereocenters. The van der Waals surface area contributed by atoms with Gasteiger partial charge in [-0.15, -0.1) is 0 Å². The third-order valence-electron chi connectivity index (χ3n) is 19.0. The molecule has 2 aliphatic heterocycles. The Morgan fingerprint density at radius 1 is 0.641 bits per heavy atom. The second-order valence-electron chi connectivity index (χ2n) is 29.4. The second-order valence-corrected chi connectivity index (χ2v) is 29.9. The third kappa shape index (κ3) is 25.8. The summed E-state index contributed by atoms with van der Waals surface area (Å²) in [5.74, 6) is -7.58. The quantitative estimate of drug-likeness (QED) is 0.115. The van der Waals surface area contributed by atoms with Crippen LogP contribution in [0.3, 0.4) is 0 Å². The number of nitrogens with zero attached hydrogens (tertiary/aromatic N) is 7. The predicted octanol–water partition coefficient (Wildman–Crippen LogP) is 3.45. The molecule has 0 aromatic heterocycles. The lowest BCUT2D eigenvalue weighted by Crippen LogP contribution is -2.63. The smallest absolute Gasteiger partial charge is 0.248 e. The molecule has 5 rings (SSSR count). The third-order valence-corrected chi connectivity index (χ3v) is 19.2. The van der Waals surface area contributed by atoms with E-state index in [-0.39, 0.29) is 62.7 Å². The minimum absolute atomic E-state index is 0.0481. The Labute approximate surface area is 613 Å². The fraction of sp³-hybridized carbons (Fsp3) is 0.627. The summed E-state index contributed by atoms with van der Waals surface area (Å²) in [5, 5.41) is 38.2. The van der Waals surface area contributed by atoms with E-state index >= 15 is 19.2 Å². The van der Waals surface area contributed by atoms with Gasteiger partial charge in [-0.05, 0) is 114 Å². The summed E-state index contributed by atoms with van der Waals surface area (Å²) in [6.07, 6.45) is -1.24. The van der Waals surface area contributed by atoms with Crippen molar-refractivity contribution in [3.8, 4) is 5.75 Å². The SMILES string of the molecule is CC(C)C[C@H]1C(=O)N[C@@H](COC(C)(C)C)C(=O)N(C)[C@@H](Cc2ccccc2)C(=O)N(C)[C@@H](C(C)C)COCN[C@H](C(=O)N2CCCCC2)CC(=O)N[C@H](C(C)C)C(=O)N(C)[C@@H](Cc2ccccc2)C(=O)N[C@@H](COc2cccc(Cl)c2)C(O)N(C)[C@@H](C)C(=O)N[C@@H]([C@@H](C)O)C(=O)N(C)CC(=O)N1C. The van der Waals surface area contributed by atoms with Gasteiger partial charge in [-0.2, -0.15) is 0 Å². The van der Waals surface area contributed by atoms with Gasteiger partial charge in [0, 0.05) is 66.2 Å². The number of halogens is 1. The number of rotatable bonds is 15. The lowest BCUT2D eigenvalue weighted by atomic mass is 9.98. The first kappa shape index (κ1) is 85.9. The predicted molar refractivity (Wildman–Crippen MR) is 391 cm³/mol. The van der Waals surface area contributed by atoms with E-state index in [0.29, 0.717) is 23.7 Å². The molecule has 0 bridgehead atoms. The number of hydrogen-bond acceptors (Lipinski definition) is 17. The van der Waals surface area contributed by atoms with Crippen molar-refractivity contribution in [1.82, 2.24) is 60.9 Å². The fourth-order valence-electron chi connectivity index (χ4n) is 12.3. The Morgan fingerprint density at radius 2 is 1.22 bits per heavy atom. The van der Waals surface area contributed by atoms with Crippen molar-refractivity contribution < 1.29 is 72.4 Å². The maximum Gasteiger partial charge on any atom is 0.248 e. The van der Waals surface area contributed by atoms with E-state index < -0.39 is 157 Å². The van der Waals surface area contributed by atoms with E-state index in [1.165, 1.54) is 74.8 Å². The largest absolute Gasteiger partial charge is 0.491 e. The summed E-state index contributed by atoms with van der Waals surface area (Å²) in [4.78, 5) is 157. The maximum atomic E-state index is 15.3. The van der Waals surface area contributed by atoms with Crippen LogP contribution < -0.4 is 31.3 Å². The van der Waals surface area contributed by atoms with E-state index in [1.807, 2.05) is 58.0 Å². The first-order valence-electron chi connectivity index (χ1n) is 35.7. The van der Waals surface area contributed by atoms with Gasteiger partial charge in [0.2, 0.25) is 59.1 Å². The van der Waals surface area contributed by atoms with Crippen LogP contribution in [0.2, 0.25) is 5.02 Å². The summed E-state index contributed by atoms with van der Waals surface area (Å²) in [6.45, 7) is 18.1. The Hall–Kier alpha value is -7.79. The van der Waals surface area contributed by atoms with Crippen LogP contribution in [0.5, 0.6) is 5.75 Å². The molecule has 572 valence electrons. The Kier molecular flexibility index (Phi) is 33.7. The fourth-order valence-corrected chi connectivity index (χ4v) is 12.5. The molecule has 0 spiro atoms. The van der Waals surface area contributed by atoms with Gasteiger partial charge in [0.15, 0.2) is 0 Å². The van der Waals surface area contributed by atoms with E-state index in [4.69, 9.17) is 25.8 Å². The zero-order chi connectivity index (χ0) is 76.7. The highest BCUT2D eigenvalue weighted by atomic mass is 35.5. The molecule has 2 aliphatic rings. The number of likely N-dealkylation sites (tertiary alicyclic amines) is 1. The average Bonchev–Trinajstić information content (AvgIpc) is 0.829. The van der Waals surface area contributed by atoms with Crippen LogP contribution in [-0.4, -0.2) is 270 Å². The van der Waals surface area contributed by atoms with Crippen LogP contribution in [0, 0.1) is 17.8 Å². The summed E-state index contributed by atoms with van der Waals surface area (Å²) >= 11 is 6.34. The molecule has 3 aromatic rings. The van der Waals surface area contributed by atoms with Crippen molar-refractivity contribution in [3.63, 3.8) is 0 Å². The summed E-state index contributed by atoms with van der Waals surface area (Å²) in [5.41, 5.74) is 0.548. The second kappa shape index (κ2) is 40.5. The number of amides is 10. The van der Waals surface area contributed by atoms with Crippen LogP contribution in [0.25, 0.3) is 0 Å². The zero-order valence-electron chi connectivity index (χ0n) is 63.4. The molecule has 2 heterocycles. The minimum atomic E-state index is -1.76. The van der Waals surface area contributed by atoms with Gasteiger partial charge in [0.1, 0.15) is 60.9 Å². The van der Waals surface area contributed by atoms with Crippen LogP contribution >= 0.6 is 11.6 Å². The monoisotopic (exact) mass is 1460 g/mol. The number of aliphatic hydroxyl groups excluding tert-OH is 2. The molecule has 1 unspecified atom stereocenters. The van der Waals surface area contributed by atoms with Crippen molar-refractivity contribution in [2.24, 2.45) is 17.8 Å². The Bertz CT molecular complexity index is 3280. The highest BCUT2D eigenvalue weighted by molar-refractivity contribution is 6.30. The molecule has 0 radical (unpaired) electrons. The molecule has 0 aliphatic carbocycles. The van der Waals surface area contributed by atoms with Crippen molar-refractivity contribution in [2.75, 3.05) is 88.5 Å². The maximum absolute atomic E-state index is 15.3. The number of aliphatic hydroxyl groups is 2. The Balaban J connectivity index is 1.62. The molecule has 27 nitrogen and oxygen atoms in total. The van der Waals surface area contributed by atoms with Gasteiger partial charge in [-0.3, -0.25) is 58.2 Å². The standard InChI is InChI=1S/C75H115ClN12O15/c1-46(2)36-58-67(93)79-57(43-103-75(9,10)11)70(96)86(16)60(38-52-30-23-19-24-31-52)72(98)87(17)61(47(3)4)44-101-45-77-55(71(97)88-34-25-20-26-35-88)40-62(90)80-64(48(5)6)74(100)85(15)59(37-51-28-21-18-22-29-51)68(94)78-56(42-102-54-33-27-32-53(76)39-54)69(95)83(13)49(7)66(92)81-65(50(8)89)73(99)82(12)41-63(91)84(58)14/h18-19,21-24,27-33,39,46-50,55-61,64-65,69,77,89,95H,20,25-26,34-38,40-45H2,1-17H3,(H,78,94)(H,79,93)(H,80,90)(H,81,92)/t49-,50+,55-,56-,57-,58-,59-,60-,61+,64+,65-,69?/m0/s1. The molecule has 2 saturated heterocycles. The van der Waals surface area contributed by atoms with Gasteiger partial charge >= 0.3 is 0 Å². The van der Waals surface area contributed by atoms with Crippen LogP contribution in [-0.2, 0) is 70.3 Å². The number of likely N-dealkylation sites (N-methyl/N-ethyl adjacent to an activating group) is 6. The molecule has 10 amide bonds. The Morgan fingerprint density at radius 3 is 1.78 bits per heavy atom. The highest BCUT2D eigenvalue weighted by Gasteiger charge is 2.42. The molecule has 2 fully saturated rings. The lowest BCUT2D eigenvalue weighted by Gasteiger charge is -2.38. The summed E-state index contributed by atoms with van der Waals surface area (Å²) in [6, 6.07) is 11.8. The molecule has 7 N–H and O–H groups in total. The molecule has 3 aromatic carbocycles. The molecular weight excluding hydrogens is 1340 g/mol.